The summed E-state index contributed by atoms with van der Waals surface area (Å²) >= 11 is 0. The molecular weight excluding hydrogens is 481 g/mol. The number of urea groups is 1. The number of hydrogen-bond acceptors (Lipinski definition) is 4. The molecule has 3 aromatic carbocycles. The molecule has 0 unspecified atom stereocenters. The highest BCUT2D eigenvalue weighted by Gasteiger charge is 2.32. The van der Waals surface area contributed by atoms with Crippen LogP contribution >= 0.6 is 0 Å². The van der Waals surface area contributed by atoms with E-state index in [0.29, 0.717) is 17.3 Å². The molecule has 0 saturated heterocycles. The van der Waals surface area contributed by atoms with Crippen LogP contribution in [-0.4, -0.2) is 20.6 Å². The fourth-order valence-electron chi connectivity index (χ4n) is 4.13. The third kappa shape index (κ3) is 5.08. The molecule has 5 aromatic rings. The maximum absolute atomic E-state index is 13.0. The number of nitrogens with zero attached hydrogens (tertiary/aromatic N) is 3. The summed E-state index contributed by atoms with van der Waals surface area (Å²) in [6.45, 7) is 1.35. The number of hydrogen-bond donors (Lipinski definition) is 3. The van der Waals surface area contributed by atoms with Crippen LogP contribution in [0.15, 0.2) is 85.3 Å². The number of halogens is 3. The number of carbonyl (C=O) groups is 1. The third-order valence-electron chi connectivity index (χ3n) is 5.86. The Kier molecular flexibility index (Phi) is 6.00. The van der Waals surface area contributed by atoms with Crippen molar-refractivity contribution in [3.05, 3.63) is 96.4 Å². The predicted molar refractivity (Wildman–Crippen MR) is 138 cm³/mol. The molecule has 0 saturated carbocycles. The zero-order chi connectivity index (χ0) is 26.2. The van der Waals surface area contributed by atoms with Gasteiger partial charge in [0.15, 0.2) is 0 Å². The number of nitrogen functional groups attached to an aromatic ring is 1. The molecule has 5 rings (SSSR count). The van der Waals surface area contributed by atoms with Crippen molar-refractivity contribution >= 4 is 34.1 Å². The summed E-state index contributed by atoms with van der Waals surface area (Å²) in [5.74, 6) is 1.01. The number of nitrogens with two attached hydrogens (primary N) is 1. The van der Waals surface area contributed by atoms with Crippen LogP contribution in [0.5, 0.6) is 0 Å². The molecule has 0 aliphatic rings. The molecule has 0 aliphatic carbocycles. The minimum atomic E-state index is -4.45. The molecule has 186 valence electrons. The molecule has 10 heteroatoms. The molecule has 2 heterocycles. The average molecular weight is 503 g/mol. The van der Waals surface area contributed by atoms with E-state index in [-0.39, 0.29) is 11.3 Å². The summed E-state index contributed by atoms with van der Waals surface area (Å²) < 4.78 is 40.9. The van der Waals surface area contributed by atoms with Crippen LogP contribution in [0, 0.1) is 6.92 Å². The van der Waals surface area contributed by atoms with E-state index in [1.165, 1.54) is 25.4 Å². The fraction of sp³-hybridized carbons (Fsp3) is 0.0741. The lowest BCUT2D eigenvalue weighted by Crippen LogP contribution is -2.19. The Morgan fingerprint density at radius 2 is 1.65 bits per heavy atom. The molecule has 0 fully saturated rings. The summed E-state index contributed by atoms with van der Waals surface area (Å²) in [5.41, 5.74) is 8.58. The van der Waals surface area contributed by atoms with Crippen molar-refractivity contribution in [2.75, 3.05) is 16.4 Å². The number of amides is 2. The molecule has 37 heavy (non-hydrogen) atoms. The fourth-order valence-corrected chi connectivity index (χ4v) is 4.13. The minimum Gasteiger partial charge on any atom is -0.384 e. The molecule has 2 aromatic heterocycles. The SMILES string of the molecule is Cc1cc(NC(=O)Nc2cccc(-c3ccc4ccn(-c5cc(N)ncn5)c4c3)c2)ccc1C(F)(F)F. The largest absolute Gasteiger partial charge is 0.416 e. The molecule has 4 N–H and O–H groups in total. The summed E-state index contributed by atoms with van der Waals surface area (Å²) in [6.07, 6.45) is -1.13. The van der Waals surface area contributed by atoms with Gasteiger partial charge in [-0.3, -0.25) is 0 Å². The lowest BCUT2D eigenvalue weighted by molar-refractivity contribution is -0.138. The maximum atomic E-state index is 13.0. The number of fused-ring (bicyclic) bond motifs is 1. The number of carbonyl (C=O) groups excluding carboxylic acids is 1. The first-order chi connectivity index (χ1) is 17.7. The predicted octanol–water partition coefficient (Wildman–Crippen LogP) is 6.64. The van der Waals surface area contributed by atoms with Gasteiger partial charge in [-0.05, 0) is 66.1 Å². The van der Waals surface area contributed by atoms with Crippen molar-refractivity contribution in [2.24, 2.45) is 0 Å². The first-order valence-electron chi connectivity index (χ1n) is 11.2. The number of aromatic nitrogens is 3. The standard InChI is InChI=1S/C27H21F3N6O/c1-16-11-21(7-8-22(16)27(28,29)30)35-26(37)34-20-4-2-3-18(12-20)19-6-5-17-9-10-36(23(17)13-19)25-14-24(31)32-15-33-25/h2-15H,1H3,(H2,31,32,33)(H2,34,35,37). The molecule has 7 nitrogen and oxygen atoms in total. The van der Waals surface area contributed by atoms with Crippen LogP contribution in [0.4, 0.5) is 35.2 Å². The highest BCUT2D eigenvalue weighted by molar-refractivity contribution is 6.00. The topological polar surface area (TPSA) is 97.9 Å². The minimum absolute atomic E-state index is 0.0251. The molecule has 0 radical (unpaired) electrons. The highest BCUT2D eigenvalue weighted by Crippen LogP contribution is 2.33. The van der Waals surface area contributed by atoms with E-state index in [2.05, 4.69) is 20.6 Å². The monoisotopic (exact) mass is 502 g/mol. The van der Waals surface area contributed by atoms with Crippen LogP contribution in [0.2, 0.25) is 0 Å². The van der Waals surface area contributed by atoms with E-state index in [0.717, 1.165) is 28.1 Å². The van der Waals surface area contributed by atoms with Crippen LogP contribution in [0.3, 0.4) is 0 Å². The lowest BCUT2D eigenvalue weighted by Gasteiger charge is -2.13. The van der Waals surface area contributed by atoms with E-state index in [4.69, 9.17) is 5.73 Å². The lowest BCUT2D eigenvalue weighted by atomic mass is 10.0. The van der Waals surface area contributed by atoms with Gasteiger partial charge in [-0.25, -0.2) is 14.8 Å². The molecule has 0 spiro atoms. The van der Waals surface area contributed by atoms with Gasteiger partial charge in [-0.1, -0.05) is 24.3 Å². The number of anilines is 3. The zero-order valence-corrected chi connectivity index (χ0v) is 19.5. The Balaban J connectivity index is 1.36. The molecule has 2 amide bonds. The van der Waals surface area contributed by atoms with Crippen molar-refractivity contribution < 1.29 is 18.0 Å². The zero-order valence-electron chi connectivity index (χ0n) is 19.5. The number of alkyl halides is 3. The average Bonchev–Trinajstić information content (AvgIpc) is 3.27. The number of nitrogens with one attached hydrogen (secondary N) is 2. The summed E-state index contributed by atoms with van der Waals surface area (Å²) in [5, 5.41) is 6.32. The van der Waals surface area contributed by atoms with E-state index >= 15 is 0 Å². The summed E-state index contributed by atoms with van der Waals surface area (Å²) in [6, 6.07) is 19.8. The van der Waals surface area contributed by atoms with Crippen molar-refractivity contribution in [3.63, 3.8) is 0 Å². The summed E-state index contributed by atoms with van der Waals surface area (Å²) in [4.78, 5) is 20.8. The van der Waals surface area contributed by atoms with Crippen molar-refractivity contribution in [1.29, 1.82) is 0 Å². The van der Waals surface area contributed by atoms with Crippen LogP contribution in [0.25, 0.3) is 27.8 Å². The van der Waals surface area contributed by atoms with E-state index in [1.54, 1.807) is 12.1 Å². The number of benzene rings is 3. The van der Waals surface area contributed by atoms with Gasteiger partial charge in [0.2, 0.25) is 0 Å². The van der Waals surface area contributed by atoms with Crippen molar-refractivity contribution in [1.82, 2.24) is 14.5 Å². The Morgan fingerprint density at radius 1 is 0.892 bits per heavy atom. The second-order valence-corrected chi connectivity index (χ2v) is 8.45. The van der Waals surface area contributed by atoms with E-state index < -0.39 is 17.8 Å². The van der Waals surface area contributed by atoms with Gasteiger partial charge in [-0.2, -0.15) is 13.2 Å². The Bertz CT molecular complexity index is 1630. The third-order valence-corrected chi connectivity index (χ3v) is 5.86. The Labute approximate surface area is 209 Å². The van der Waals surface area contributed by atoms with Gasteiger partial charge in [0, 0.05) is 29.0 Å². The van der Waals surface area contributed by atoms with Gasteiger partial charge in [-0.15, -0.1) is 0 Å². The van der Waals surface area contributed by atoms with Gasteiger partial charge in [0.05, 0.1) is 11.1 Å². The smallest absolute Gasteiger partial charge is 0.384 e. The van der Waals surface area contributed by atoms with Gasteiger partial charge < -0.3 is 20.9 Å². The maximum Gasteiger partial charge on any atom is 0.416 e. The van der Waals surface area contributed by atoms with E-state index in [1.807, 2.05) is 53.2 Å². The van der Waals surface area contributed by atoms with E-state index in [9.17, 15) is 18.0 Å². The van der Waals surface area contributed by atoms with Crippen LogP contribution < -0.4 is 16.4 Å². The molecular formula is C27H21F3N6O. The van der Waals surface area contributed by atoms with Crippen LogP contribution in [0.1, 0.15) is 11.1 Å². The normalized spacial score (nSPS) is 11.5. The quantitative estimate of drug-likeness (QED) is 0.257. The molecule has 0 aliphatic heterocycles. The summed E-state index contributed by atoms with van der Waals surface area (Å²) in [7, 11) is 0. The second-order valence-electron chi connectivity index (χ2n) is 8.45. The Hall–Kier alpha value is -4.86. The first kappa shape index (κ1) is 23.9. The van der Waals surface area contributed by atoms with Gasteiger partial charge >= 0.3 is 12.2 Å². The van der Waals surface area contributed by atoms with Crippen LogP contribution in [-0.2, 0) is 6.18 Å². The second kappa shape index (κ2) is 9.30. The number of aryl methyl sites for hydroxylation is 1. The van der Waals surface area contributed by atoms with Gasteiger partial charge in [0.1, 0.15) is 18.0 Å². The van der Waals surface area contributed by atoms with Gasteiger partial charge in [0.25, 0.3) is 0 Å². The highest BCUT2D eigenvalue weighted by atomic mass is 19.4. The Morgan fingerprint density at radius 3 is 2.38 bits per heavy atom. The number of rotatable bonds is 4. The first-order valence-corrected chi connectivity index (χ1v) is 11.2. The molecule has 0 atom stereocenters. The van der Waals surface area contributed by atoms with Crippen molar-refractivity contribution in [2.45, 2.75) is 13.1 Å². The van der Waals surface area contributed by atoms with Crippen molar-refractivity contribution in [3.8, 4) is 16.9 Å². The molecule has 0 bridgehead atoms.